The highest BCUT2D eigenvalue weighted by Gasteiger charge is 2.20. The van der Waals surface area contributed by atoms with Crippen LogP contribution in [-0.2, 0) is 13.6 Å². The molecule has 3 rings (SSSR count). The molecule has 0 radical (unpaired) electrons. The van der Waals surface area contributed by atoms with Crippen molar-refractivity contribution in [3.8, 4) is 0 Å². The molecule has 0 amide bonds. The van der Waals surface area contributed by atoms with Crippen molar-refractivity contribution in [1.29, 1.82) is 0 Å². The van der Waals surface area contributed by atoms with Crippen LogP contribution in [0.1, 0.15) is 10.4 Å². The second kappa shape index (κ2) is 5.01. The maximum atomic E-state index is 12.9. The molecule has 4 nitrogen and oxygen atoms in total. The first-order valence-electron chi connectivity index (χ1n) is 6.59. The third kappa shape index (κ3) is 2.27. The van der Waals surface area contributed by atoms with E-state index >= 15 is 0 Å². The molecule has 3 aromatic rings. The van der Waals surface area contributed by atoms with E-state index in [2.05, 4.69) is 0 Å². The van der Waals surface area contributed by atoms with Gasteiger partial charge in [-0.15, -0.1) is 0 Å². The summed E-state index contributed by atoms with van der Waals surface area (Å²) in [6.45, 7) is 0.124. The standard InChI is InChI=1S/C16H14FN3O/c1-19-13-4-2-3-5-14(13)20(16(19)18)10-15(21)11-6-8-12(17)9-7-11/h2-9,18H,10H2,1H3/p+1. The molecule has 0 atom stereocenters. The van der Waals surface area contributed by atoms with Gasteiger partial charge in [-0.1, -0.05) is 12.1 Å². The lowest BCUT2D eigenvalue weighted by Crippen LogP contribution is -2.31. The van der Waals surface area contributed by atoms with Crippen molar-refractivity contribution >= 4 is 22.8 Å². The van der Waals surface area contributed by atoms with Crippen molar-refractivity contribution < 1.29 is 13.8 Å². The Kier molecular flexibility index (Phi) is 3.17. The maximum absolute atomic E-state index is 12.9. The highest BCUT2D eigenvalue weighted by atomic mass is 19.1. The zero-order valence-corrected chi connectivity index (χ0v) is 11.6. The number of hydrogen-bond acceptors (Lipinski definition) is 2. The summed E-state index contributed by atoms with van der Waals surface area (Å²) in [4.78, 5) is 12.3. The summed E-state index contributed by atoms with van der Waals surface area (Å²) >= 11 is 0. The molecule has 0 unspecified atom stereocenters. The van der Waals surface area contributed by atoms with E-state index in [0.717, 1.165) is 11.0 Å². The minimum absolute atomic E-state index is 0.108. The Labute approximate surface area is 121 Å². The Balaban J connectivity index is 2.00. The third-order valence-corrected chi connectivity index (χ3v) is 3.62. The Hall–Kier alpha value is -2.69. The number of halogens is 1. The van der Waals surface area contributed by atoms with Gasteiger partial charge in [0.1, 0.15) is 23.4 Å². The molecular formula is C16H15FN3O+. The Bertz CT molecular complexity index is 821. The number of rotatable bonds is 3. The molecular weight excluding hydrogens is 269 g/mol. The Morgan fingerprint density at radius 3 is 2.57 bits per heavy atom. The fraction of sp³-hybridized carbons (Fsp3) is 0.125. The van der Waals surface area contributed by atoms with Gasteiger partial charge in [-0.25, -0.2) is 13.5 Å². The van der Waals surface area contributed by atoms with Crippen molar-refractivity contribution in [3.05, 3.63) is 59.9 Å². The van der Waals surface area contributed by atoms with Crippen molar-refractivity contribution in [2.24, 2.45) is 7.05 Å². The molecule has 0 bridgehead atoms. The van der Waals surface area contributed by atoms with Crippen molar-refractivity contribution in [2.75, 3.05) is 5.73 Å². The number of nitrogens with zero attached hydrogens (tertiary/aromatic N) is 2. The number of carbonyl (C=O) groups excluding carboxylic acids is 1. The third-order valence-electron chi connectivity index (χ3n) is 3.62. The molecule has 1 aromatic heterocycles. The van der Waals surface area contributed by atoms with Crippen molar-refractivity contribution in [3.63, 3.8) is 0 Å². The summed E-state index contributed by atoms with van der Waals surface area (Å²) in [6.07, 6.45) is 0. The van der Waals surface area contributed by atoms with Crippen molar-refractivity contribution in [1.82, 2.24) is 4.57 Å². The smallest absolute Gasteiger partial charge is 0.291 e. The maximum Gasteiger partial charge on any atom is 0.356 e. The minimum Gasteiger partial charge on any atom is -0.291 e. The summed E-state index contributed by atoms with van der Waals surface area (Å²) < 4.78 is 16.5. The lowest BCUT2D eigenvalue weighted by atomic mass is 10.1. The summed E-state index contributed by atoms with van der Waals surface area (Å²) in [5.74, 6) is 0.0404. The van der Waals surface area contributed by atoms with Gasteiger partial charge < -0.3 is 0 Å². The number of Topliss-reactive ketones (excluding diaryl/α,β-unsaturated/α-hetero) is 1. The molecule has 0 aliphatic carbocycles. The van der Waals surface area contributed by atoms with E-state index in [-0.39, 0.29) is 18.1 Å². The van der Waals surface area contributed by atoms with E-state index in [1.807, 2.05) is 35.9 Å². The van der Waals surface area contributed by atoms with E-state index in [4.69, 9.17) is 5.73 Å². The molecule has 0 saturated heterocycles. The zero-order valence-electron chi connectivity index (χ0n) is 11.6. The average molecular weight is 284 g/mol. The second-order valence-corrected chi connectivity index (χ2v) is 4.92. The van der Waals surface area contributed by atoms with Crippen LogP contribution in [0.3, 0.4) is 0 Å². The number of nitrogen functional groups attached to an aromatic ring is 1. The number of aromatic nitrogens is 2. The molecule has 2 N–H and O–H groups in total. The topological polar surface area (TPSA) is 51.9 Å². The predicted molar refractivity (Wildman–Crippen MR) is 78.3 cm³/mol. The summed E-state index contributed by atoms with van der Waals surface area (Å²) in [6, 6.07) is 13.2. The largest absolute Gasteiger partial charge is 0.356 e. The molecule has 0 fully saturated rings. The molecule has 21 heavy (non-hydrogen) atoms. The molecule has 0 aliphatic rings. The monoisotopic (exact) mass is 284 g/mol. The molecule has 0 saturated carbocycles. The average Bonchev–Trinajstić information content (AvgIpc) is 2.73. The number of hydrogen-bond donors (Lipinski definition) is 1. The van der Waals surface area contributed by atoms with Gasteiger partial charge in [-0.3, -0.25) is 10.5 Å². The van der Waals surface area contributed by atoms with Crippen LogP contribution in [0.5, 0.6) is 0 Å². The Morgan fingerprint density at radius 1 is 1.19 bits per heavy atom. The highest BCUT2D eigenvalue weighted by molar-refractivity contribution is 5.96. The van der Waals surface area contributed by atoms with Crippen LogP contribution in [0.4, 0.5) is 10.3 Å². The van der Waals surface area contributed by atoms with Crippen molar-refractivity contribution in [2.45, 2.75) is 6.54 Å². The van der Waals surface area contributed by atoms with Crippen LogP contribution in [0.15, 0.2) is 48.5 Å². The number of aryl methyl sites for hydroxylation is 1. The van der Waals surface area contributed by atoms with Gasteiger partial charge in [-0.2, -0.15) is 0 Å². The van der Waals surface area contributed by atoms with E-state index in [1.165, 1.54) is 24.3 Å². The molecule has 5 heteroatoms. The lowest BCUT2D eigenvalue weighted by Gasteiger charge is -2.01. The summed E-state index contributed by atoms with van der Waals surface area (Å²) in [5, 5.41) is 0. The quantitative estimate of drug-likeness (QED) is 0.591. The van der Waals surface area contributed by atoms with Gasteiger partial charge in [0.15, 0.2) is 5.78 Å². The van der Waals surface area contributed by atoms with Gasteiger partial charge in [0, 0.05) is 5.56 Å². The summed E-state index contributed by atoms with van der Waals surface area (Å²) in [5.41, 5.74) is 8.40. The van der Waals surface area contributed by atoms with Gasteiger partial charge in [-0.05, 0) is 36.4 Å². The number of imidazole rings is 1. The van der Waals surface area contributed by atoms with Gasteiger partial charge in [0.25, 0.3) is 0 Å². The Morgan fingerprint density at radius 2 is 1.86 bits per heavy atom. The fourth-order valence-electron chi connectivity index (χ4n) is 2.44. The number of carbonyl (C=O) groups is 1. The first kappa shape index (κ1) is 13.3. The fourth-order valence-corrected chi connectivity index (χ4v) is 2.44. The minimum atomic E-state index is -0.358. The molecule has 1 heterocycles. The number of fused-ring (bicyclic) bond motifs is 1. The highest BCUT2D eigenvalue weighted by Crippen LogP contribution is 2.16. The normalized spacial score (nSPS) is 11.0. The van der Waals surface area contributed by atoms with E-state index in [1.54, 1.807) is 4.57 Å². The van der Waals surface area contributed by atoms with Crippen LogP contribution >= 0.6 is 0 Å². The first-order chi connectivity index (χ1) is 10.1. The number of anilines is 1. The molecule has 0 aliphatic heterocycles. The van der Waals surface area contributed by atoms with Crippen LogP contribution in [0.2, 0.25) is 0 Å². The number of ketones is 1. The van der Waals surface area contributed by atoms with Crippen LogP contribution in [-0.4, -0.2) is 10.4 Å². The van der Waals surface area contributed by atoms with Crippen LogP contribution in [0.25, 0.3) is 11.0 Å². The van der Waals surface area contributed by atoms with Gasteiger partial charge in [0.05, 0.1) is 7.05 Å². The first-order valence-corrected chi connectivity index (χ1v) is 6.59. The summed E-state index contributed by atoms with van der Waals surface area (Å²) in [7, 11) is 1.86. The lowest BCUT2D eigenvalue weighted by molar-refractivity contribution is -0.630. The SMILES string of the molecule is C[n+]1c(N)n(CC(=O)c2ccc(F)cc2)c2ccccc21. The molecule has 106 valence electrons. The predicted octanol–water partition coefficient (Wildman–Crippen LogP) is 2.07. The van der Waals surface area contributed by atoms with Crippen LogP contribution < -0.4 is 10.3 Å². The molecule has 0 spiro atoms. The number of benzene rings is 2. The number of nitrogens with two attached hydrogens (primary N) is 1. The van der Waals surface area contributed by atoms with Gasteiger partial charge in [0.2, 0.25) is 0 Å². The van der Waals surface area contributed by atoms with E-state index in [9.17, 15) is 9.18 Å². The van der Waals surface area contributed by atoms with E-state index < -0.39 is 0 Å². The second-order valence-electron chi connectivity index (χ2n) is 4.92. The molecule has 2 aromatic carbocycles. The zero-order chi connectivity index (χ0) is 15.0. The van der Waals surface area contributed by atoms with Gasteiger partial charge >= 0.3 is 5.95 Å². The number of para-hydroxylation sites is 2. The van der Waals surface area contributed by atoms with Crippen LogP contribution in [0, 0.1) is 5.82 Å². The van der Waals surface area contributed by atoms with E-state index in [0.29, 0.717) is 11.5 Å².